The monoisotopic (exact) mass is 179 g/mol. The molecule has 0 unspecified atom stereocenters. The van der Waals surface area contributed by atoms with Crippen LogP contribution < -0.4 is 3.72 Å². The quantitative estimate of drug-likeness (QED) is 0.628. The number of nitrogens with one attached hydrogen (secondary N) is 1. The molecule has 1 nitrogen and oxygen atoms in total. The molecule has 0 saturated carbocycles. The zero-order valence-electron chi connectivity index (χ0n) is 5.15. The minimum atomic E-state index is 0.356. The third kappa shape index (κ3) is 3.30. The summed E-state index contributed by atoms with van der Waals surface area (Å²) in [6, 6.07) is 0. The Hall–Kier alpha value is 0.700. The van der Waals surface area contributed by atoms with Gasteiger partial charge in [0.25, 0.3) is 0 Å². The van der Waals surface area contributed by atoms with Crippen LogP contribution in [-0.2, 0) is 21.3 Å². The predicted molar refractivity (Wildman–Crippen MR) is 27.5 cm³/mol. The molecule has 0 aromatic rings. The van der Waals surface area contributed by atoms with Crippen molar-refractivity contribution in [3.05, 3.63) is 0 Å². The van der Waals surface area contributed by atoms with E-state index in [4.69, 9.17) is 0 Å². The van der Waals surface area contributed by atoms with E-state index in [1.165, 1.54) is 6.42 Å². The molecule has 0 saturated heterocycles. The summed E-state index contributed by atoms with van der Waals surface area (Å²) in [7, 11) is 0. The van der Waals surface area contributed by atoms with Crippen LogP contribution in [0, 0.1) is 0 Å². The molecule has 0 bridgehead atoms. The molecule has 42 valence electrons. The SMILES string of the molecule is CCC(C)(C)[NH][Nb]. The van der Waals surface area contributed by atoms with E-state index >= 15 is 0 Å². The first-order valence-corrected chi connectivity index (χ1v) is 3.63. The van der Waals surface area contributed by atoms with Crippen molar-refractivity contribution in [2.75, 3.05) is 0 Å². The first-order valence-electron chi connectivity index (χ1n) is 2.53. The second kappa shape index (κ2) is 2.88. The van der Waals surface area contributed by atoms with Crippen molar-refractivity contribution < 1.29 is 21.3 Å². The van der Waals surface area contributed by atoms with Gasteiger partial charge in [0.2, 0.25) is 0 Å². The molecule has 0 aromatic carbocycles. The maximum atomic E-state index is 3.24. The zero-order valence-corrected chi connectivity index (χ0v) is 7.35. The molecule has 1 N–H and O–H groups in total. The Bertz CT molecular complexity index is 46.0. The third-order valence-electron chi connectivity index (χ3n) is 1.19. The summed E-state index contributed by atoms with van der Waals surface area (Å²) in [5.41, 5.74) is 0.356. The molecule has 0 amide bonds. The van der Waals surface area contributed by atoms with Crippen LogP contribution >= 0.6 is 0 Å². The van der Waals surface area contributed by atoms with Gasteiger partial charge in [-0.2, -0.15) is 0 Å². The first kappa shape index (κ1) is 7.70. The van der Waals surface area contributed by atoms with Gasteiger partial charge in [-0.3, -0.25) is 0 Å². The summed E-state index contributed by atoms with van der Waals surface area (Å²) in [5.74, 6) is 0. The van der Waals surface area contributed by atoms with Crippen molar-refractivity contribution in [2.24, 2.45) is 0 Å². The van der Waals surface area contributed by atoms with E-state index in [1.807, 2.05) is 0 Å². The van der Waals surface area contributed by atoms with Crippen LogP contribution in [-0.4, -0.2) is 5.54 Å². The number of hydrogen-bond donors (Lipinski definition) is 1. The Labute approximate surface area is 58.1 Å². The standard InChI is InChI=1S/C5H12N.Nb/c1-4-5(2,3)6;/h6H,4H2,1-3H3;/q-1;+1. The van der Waals surface area contributed by atoms with Gasteiger partial charge in [0.15, 0.2) is 0 Å². The van der Waals surface area contributed by atoms with Crippen LogP contribution in [0.25, 0.3) is 0 Å². The van der Waals surface area contributed by atoms with Gasteiger partial charge < -0.3 is 0 Å². The molecular formula is C5H12NNb. The van der Waals surface area contributed by atoms with E-state index in [-0.39, 0.29) is 0 Å². The molecule has 0 aliphatic carbocycles. The van der Waals surface area contributed by atoms with E-state index in [0.29, 0.717) is 5.54 Å². The third-order valence-corrected chi connectivity index (χ3v) is 2.67. The van der Waals surface area contributed by atoms with Gasteiger partial charge in [-0.1, -0.05) is 0 Å². The molecule has 7 heavy (non-hydrogen) atoms. The maximum absolute atomic E-state index is 3.24. The first-order chi connectivity index (χ1) is 3.12. The van der Waals surface area contributed by atoms with Crippen LogP contribution in [0.5, 0.6) is 0 Å². The summed E-state index contributed by atoms with van der Waals surface area (Å²) in [6.45, 7) is 6.59. The van der Waals surface area contributed by atoms with Crippen LogP contribution in [0.4, 0.5) is 0 Å². The fourth-order valence-corrected chi connectivity index (χ4v) is 0.468. The van der Waals surface area contributed by atoms with Gasteiger partial charge in [0.1, 0.15) is 0 Å². The molecule has 0 rings (SSSR count). The van der Waals surface area contributed by atoms with Crippen molar-refractivity contribution in [3.8, 4) is 0 Å². The van der Waals surface area contributed by atoms with E-state index in [1.54, 1.807) is 21.3 Å². The number of hydrogen-bond acceptors (Lipinski definition) is 1. The summed E-state index contributed by atoms with van der Waals surface area (Å²) < 4.78 is 3.24. The van der Waals surface area contributed by atoms with Crippen molar-refractivity contribution in [1.29, 1.82) is 0 Å². The van der Waals surface area contributed by atoms with Crippen LogP contribution in [0.1, 0.15) is 27.2 Å². The Morgan fingerprint density at radius 3 is 2.00 bits per heavy atom. The fraction of sp³-hybridized carbons (Fsp3) is 1.00. The number of rotatable bonds is 2. The van der Waals surface area contributed by atoms with Crippen molar-refractivity contribution >= 4 is 0 Å². The molecule has 0 heterocycles. The van der Waals surface area contributed by atoms with E-state index in [9.17, 15) is 0 Å². The molecule has 0 radical (unpaired) electrons. The van der Waals surface area contributed by atoms with Crippen LogP contribution in [0.15, 0.2) is 0 Å². The fourth-order valence-electron chi connectivity index (χ4n) is 0.0791. The predicted octanol–water partition coefficient (Wildman–Crippen LogP) is 1.23. The second-order valence-electron chi connectivity index (χ2n) is 2.35. The summed E-state index contributed by atoms with van der Waals surface area (Å²) >= 11 is 1.67. The second-order valence-corrected chi connectivity index (χ2v) is 2.90. The molecule has 0 aromatic heterocycles. The zero-order chi connectivity index (χ0) is 5.91. The van der Waals surface area contributed by atoms with Crippen molar-refractivity contribution in [3.63, 3.8) is 0 Å². The summed E-state index contributed by atoms with van der Waals surface area (Å²) in [5, 5.41) is 0. The molecule has 0 atom stereocenters. The molecule has 0 aliphatic heterocycles. The van der Waals surface area contributed by atoms with Crippen molar-refractivity contribution in [1.82, 2.24) is 3.72 Å². The van der Waals surface area contributed by atoms with Gasteiger partial charge >= 0.3 is 57.8 Å². The van der Waals surface area contributed by atoms with Crippen LogP contribution in [0.2, 0.25) is 0 Å². The summed E-state index contributed by atoms with van der Waals surface area (Å²) in [4.78, 5) is 0. The van der Waals surface area contributed by atoms with Gasteiger partial charge in [0.05, 0.1) is 0 Å². The van der Waals surface area contributed by atoms with Gasteiger partial charge in [-0.25, -0.2) is 0 Å². The van der Waals surface area contributed by atoms with Gasteiger partial charge in [-0.15, -0.1) is 0 Å². The summed E-state index contributed by atoms with van der Waals surface area (Å²) in [6.07, 6.45) is 1.20. The Morgan fingerprint density at radius 2 is 2.00 bits per heavy atom. The Balaban J connectivity index is 3.36. The Morgan fingerprint density at radius 1 is 1.57 bits per heavy atom. The topological polar surface area (TPSA) is 12.0 Å². The van der Waals surface area contributed by atoms with E-state index < -0.39 is 0 Å². The van der Waals surface area contributed by atoms with E-state index in [0.717, 1.165) is 0 Å². The normalized spacial score (nSPS) is 11.9. The average Bonchev–Trinajstić information content (AvgIpc) is 1.68. The molecule has 0 spiro atoms. The minimum absolute atomic E-state index is 0.356. The van der Waals surface area contributed by atoms with Crippen molar-refractivity contribution in [2.45, 2.75) is 32.7 Å². The van der Waals surface area contributed by atoms with Gasteiger partial charge in [-0.05, 0) is 0 Å². The Kier molecular flexibility index (Phi) is 3.16. The van der Waals surface area contributed by atoms with E-state index in [2.05, 4.69) is 24.5 Å². The van der Waals surface area contributed by atoms with Gasteiger partial charge in [0, 0.05) is 0 Å². The molecule has 0 aliphatic rings. The molecular weight excluding hydrogens is 167 g/mol. The molecule has 0 fully saturated rings. The molecule has 2 heteroatoms. The van der Waals surface area contributed by atoms with Crippen LogP contribution in [0.3, 0.4) is 0 Å². The average molecular weight is 179 g/mol.